The largest absolute Gasteiger partial charge is 0.478 e. The first-order valence-corrected chi connectivity index (χ1v) is 5.64. The predicted octanol–water partition coefficient (Wildman–Crippen LogP) is 2.49. The van der Waals surface area contributed by atoms with Gasteiger partial charge in [0.25, 0.3) is 0 Å². The Morgan fingerprint density at radius 2 is 2.00 bits per heavy atom. The number of rotatable bonds is 4. The van der Waals surface area contributed by atoms with E-state index in [1.54, 1.807) is 24.5 Å². The molecule has 0 saturated heterocycles. The molecule has 2 aromatic rings. The predicted molar refractivity (Wildman–Crippen MR) is 67.4 cm³/mol. The number of pyridine rings is 2. The van der Waals surface area contributed by atoms with Gasteiger partial charge < -0.3 is 10.4 Å². The van der Waals surface area contributed by atoms with Crippen LogP contribution in [0.3, 0.4) is 0 Å². The fourth-order valence-electron chi connectivity index (χ4n) is 1.65. The minimum atomic E-state index is -1.32. The summed E-state index contributed by atoms with van der Waals surface area (Å²) >= 11 is 0. The lowest BCUT2D eigenvalue weighted by Gasteiger charge is -2.15. The minimum absolute atomic E-state index is 0.0794. The highest BCUT2D eigenvalue weighted by Crippen LogP contribution is 2.21. The second-order valence-corrected chi connectivity index (χ2v) is 3.97. The van der Waals surface area contributed by atoms with E-state index >= 15 is 0 Å². The maximum Gasteiger partial charge on any atom is 0.338 e. The van der Waals surface area contributed by atoms with Crippen LogP contribution < -0.4 is 5.32 Å². The number of hydrogen-bond acceptors (Lipinski definition) is 4. The van der Waals surface area contributed by atoms with Crippen molar-refractivity contribution < 1.29 is 14.3 Å². The van der Waals surface area contributed by atoms with E-state index in [4.69, 9.17) is 5.11 Å². The SMILES string of the molecule is CC(Nc1nccc(C(=O)O)c1F)c1ccncc1. The quantitative estimate of drug-likeness (QED) is 0.884. The highest BCUT2D eigenvalue weighted by molar-refractivity contribution is 5.88. The van der Waals surface area contributed by atoms with Gasteiger partial charge in [-0.3, -0.25) is 4.98 Å². The van der Waals surface area contributed by atoms with E-state index in [2.05, 4.69) is 15.3 Å². The van der Waals surface area contributed by atoms with Crippen molar-refractivity contribution in [1.29, 1.82) is 0 Å². The van der Waals surface area contributed by atoms with Crippen molar-refractivity contribution in [2.75, 3.05) is 5.32 Å². The highest BCUT2D eigenvalue weighted by atomic mass is 19.1. The van der Waals surface area contributed by atoms with Crippen LogP contribution in [-0.2, 0) is 0 Å². The van der Waals surface area contributed by atoms with Crippen LogP contribution >= 0.6 is 0 Å². The normalized spacial score (nSPS) is 11.9. The van der Waals surface area contributed by atoms with E-state index in [1.165, 1.54) is 6.20 Å². The van der Waals surface area contributed by atoms with Gasteiger partial charge in [-0.15, -0.1) is 0 Å². The van der Waals surface area contributed by atoms with Crippen molar-refractivity contribution in [3.63, 3.8) is 0 Å². The summed E-state index contributed by atoms with van der Waals surface area (Å²) in [6, 6.07) is 4.49. The Morgan fingerprint density at radius 1 is 1.32 bits per heavy atom. The fourth-order valence-corrected chi connectivity index (χ4v) is 1.65. The summed E-state index contributed by atoms with van der Waals surface area (Å²) < 4.78 is 13.9. The van der Waals surface area contributed by atoms with Crippen LogP contribution in [0, 0.1) is 5.82 Å². The summed E-state index contributed by atoms with van der Waals surface area (Å²) in [5.41, 5.74) is 0.497. The molecule has 19 heavy (non-hydrogen) atoms. The number of anilines is 1. The molecule has 0 radical (unpaired) electrons. The van der Waals surface area contributed by atoms with Crippen molar-refractivity contribution in [3.8, 4) is 0 Å². The van der Waals surface area contributed by atoms with Gasteiger partial charge in [0.15, 0.2) is 11.6 Å². The Labute approximate surface area is 109 Å². The number of carbonyl (C=O) groups is 1. The molecule has 98 valence electrons. The highest BCUT2D eigenvalue weighted by Gasteiger charge is 2.16. The molecule has 0 spiro atoms. The van der Waals surface area contributed by atoms with Gasteiger partial charge in [0, 0.05) is 18.6 Å². The zero-order valence-electron chi connectivity index (χ0n) is 10.2. The topological polar surface area (TPSA) is 75.1 Å². The van der Waals surface area contributed by atoms with E-state index in [0.717, 1.165) is 11.6 Å². The zero-order valence-corrected chi connectivity index (χ0v) is 10.2. The average Bonchev–Trinajstić information content (AvgIpc) is 2.41. The minimum Gasteiger partial charge on any atom is -0.478 e. The number of carboxylic acids is 1. The molecule has 0 bridgehead atoms. The second-order valence-electron chi connectivity index (χ2n) is 3.97. The maximum atomic E-state index is 13.9. The molecule has 0 saturated carbocycles. The van der Waals surface area contributed by atoms with Crippen molar-refractivity contribution >= 4 is 11.8 Å². The number of aromatic carboxylic acids is 1. The molecule has 6 heteroatoms. The lowest BCUT2D eigenvalue weighted by atomic mass is 10.1. The van der Waals surface area contributed by atoms with Crippen LogP contribution in [0.4, 0.5) is 10.2 Å². The Bertz CT molecular complexity index is 590. The lowest BCUT2D eigenvalue weighted by molar-refractivity contribution is 0.0692. The van der Waals surface area contributed by atoms with E-state index in [9.17, 15) is 9.18 Å². The summed E-state index contributed by atoms with van der Waals surface area (Å²) in [6.07, 6.45) is 4.52. The van der Waals surface area contributed by atoms with Crippen LogP contribution in [0.1, 0.15) is 28.9 Å². The van der Waals surface area contributed by atoms with E-state index in [0.29, 0.717) is 0 Å². The van der Waals surface area contributed by atoms with Crippen LogP contribution in [0.25, 0.3) is 0 Å². The third-order valence-corrected chi connectivity index (χ3v) is 2.68. The smallest absolute Gasteiger partial charge is 0.338 e. The molecule has 0 amide bonds. The van der Waals surface area contributed by atoms with Crippen LogP contribution in [0.5, 0.6) is 0 Å². The molecule has 0 aliphatic carbocycles. The van der Waals surface area contributed by atoms with Gasteiger partial charge >= 0.3 is 5.97 Å². The first-order chi connectivity index (χ1) is 9.09. The third kappa shape index (κ3) is 2.85. The van der Waals surface area contributed by atoms with E-state index in [1.807, 2.05) is 6.92 Å². The first-order valence-electron chi connectivity index (χ1n) is 5.64. The van der Waals surface area contributed by atoms with Gasteiger partial charge in [-0.05, 0) is 30.7 Å². The molecule has 5 nitrogen and oxygen atoms in total. The van der Waals surface area contributed by atoms with Crippen LogP contribution in [0.2, 0.25) is 0 Å². The Balaban J connectivity index is 2.25. The number of nitrogens with one attached hydrogen (secondary N) is 1. The Hall–Kier alpha value is -2.50. The van der Waals surface area contributed by atoms with Gasteiger partial charge in [-0.2, -0.15) is 0 Å². The van der Waals surface area contributed by atoms with Crippen molar-refractivity contribution in [1.82, 2.24) is 9.97 Å². The van der Waals surface area contributed by atoms with E-state index < -0.39 is 17.3 Å². The number of aromatic nitrogens is 2. The second kappa shape index (κ2) is 5.43. The summed E-state index contributed by atoms with van der Waals surface area (Å²) in [7, 11) is 0. The molecule has 0 fully saturated rings. The van der Waals surface area contributed by atoms with Crippen molar-refractivity contribution in [2.24, 2.45) is 0 Å². The number of carboxylic acid groups (broad SMARTS) is 1. The van der Waals surface area contributed by atoms with Crippen molar-refractivity contribution in [2.45, 2.75) is 13.0 Å². The molecule has 0 aliphatic rings. The summed E-state index contributed by atoms with van der Waals surface area (Å²) in [5, 5.41) is 11.7. The summed E-state index contributed by atoms with van der Waals surface area (Å²) in [5.74, 6) is -2.26. The lowest BCUT2D eigenvalue weighted by Crippen LogP contribution is -2.12. The summed E-state index contributed by atoms with van der Waals surface area (Å²) in [4.78, 5) is 18.5. The van der Waals surface area contributed by atoms with Gasteiger partial charge in [0.2, 0.25) is 0 Å². The number of hydrogen-bond donors (Lipinski definition) is 2. The fraction of sp³-hybridized carbons (Fsp3) is 0.154. The molecule has 2 heterocycles. The molecular formula is C13H12FN3O2. The summed E-state index contributed by atoms with van der Waals surface area (Å²) in [6.45, 7) is 1.82. The molecule has 2 rings (SSSR count). The third-order valence-electron chi connectivity index (χ3n) is 2.68. The monoisotopic (exact) mass is 261 g/mol. The first kappa shape index (κ1) is 12.9. The molecular weight excluding hydrogens is 249 g/mol. The van der Waals surface area contributed by atoms with Gasteiger partial charge in [0.1, 0.15) is 5.56 Å². The van der Waals surface area contributed by atoms with Crippen LogP contribution in [0.15, 0.2) is 36.8 Å². The Morgan fingerprint density at radius 3 is 2.63 bits per heavy atom. The molecule has 0 aliphatic heterocycles. The Kier molecular flexibility index (Phi) is 3.70. The molecule has 2 aromatic heterocycles. The number of halogens is 1. The molecule has 0 aromatic carbocycles. The zero-order chi connectivity index (χ0) is 13.8. The molecule has 2 N–H and O–H groups in total. The number of nitrogens with zero attached hydrogens (tertiary/aromatic N) is 2. The molecule has 1 atom stereocenters. The molecule has 1 unspecified atom stereocenters. The van der Waals surface area contributed by atoms with Crippen molar-refractivity contribution in [3.05, 3.63) is 53.7 Å². The van der Waals surface area contributed by atoms with Gasteiger partial charge in [-0.1, -0.05) is 0 Å². The van der Waals surface area contributed by atoms with Crippen LogP contribution in [-0.4, -0.2) is 21.0 Å². The van der Waals surface area contributed by atoms with Gasteiger partial charge in [0.05, 0.1) is 6.04 Å². The maximum absolute atomic E-state index is 13.9. The van der Waals surface area contributed by atoms with Gasteiger partial charge in [-0.25, -0.2) is 14.2 Å². The van der Waals surface area contributed by atoms with E-state index in [-0.39, 0.29) is 11.9 Å². The average molecular weight is 261 g/mol. The standard InChI is InChI=1S/C13H12FN3O2/c1-8(9-2-5-15-6-3-9)17-12-11(14)10(13(18)19)4-7-16-12/h2-8H,1H3,(H,16,17)(H,18,19).